The van der Waals surface area contributed by atoms with Crippen LogP contribution in [0.3, 0.4) is 0 Å². The molecule has 1 N–H and O–H groups in total. The van der Waals surface area contributed by atoms with Gasteiger partial charge in [-0.2, -0.15) is 0 Å². The lowest BCUT2D eigenvalue weighted by Crippen LogP contribution is -2.30. The minimum Gasteiger partial charge on any atom is -0.493 e. The standard InChI is InChI=1S/C14H17NO4/c1-18-12-4-2-3-11(8-16)14(12)19-9-13(17)15-7-10-5-6-10/h2-4,8,10H,5-7,9H2,1H3,(H,15,17). The van der Waals surface area contributed by atoms with Gasteiger partial charge in [-0.25, -0.2) is 0 Å². The molecule has 0 unspecified atom stereocenters. The molecule has 1 saturated carbocycles. The van der Waals surface area contributed by atoms with E-state index in [1.165, 1.54) is 20.0 Å². The maximum absolute atomic E-state index is 11.6. The average molecular weight is 263 g/mol. The van der Waals surface area contributed by atoms with E-state index in [2.05, 4.69) is 5.32 Å². The van der Waals surface area contributed by atoms with E-state index in [0.29, 0.717) is 35.8 Å². The van der Waals surface area contributed by atoms with Gasteiger partial charge < -0.3 is 14.8 Å². The van der Waals surface area contributed by atoms with Crippen molar-refractivity contribution in [2.24, 2.45) is 5.92 Å². The quantitative estimate of drug-likeness (QED) is 0.755. The Morgan fingerprint density at radius 3 is 2.89 bits per heavy atom. The molecule has 1 aliphatic carbocycles. The lowest BCUT2D eigenvalue weighted by molar-refractivity contribution is -0.123. The lowest BCUT2D eigenvalue weighted by atomic mass is 10.2. The summed E-state index contributed by atoms with van der Waals surface area (Å²) in [6.45, 7) is 0.586. The van der Waals surface area contributed by atoms with Crippen LogP contribution in [0.4, 0.5) is 0 Å². The van der Waals surface area contributed by atoms with Crippen LogP contribution >= 0.6 is 0 Å². The fourth-order valence-corrected chi connectivity index (χ4v) is 1.71. The fraction of sp³-hybridized carbons (Fsp3) is 0.429. The number of amides is 1. The van der Waals surface area contributed by atoms with Gasteiger partial charge in [-0.15, -0.1) is 0 Å². The average Bonchev–Trinajstić information content (AvgIpc) is 3.26. The second kappa shape index (κ2) is 6.22. The van der Waals surface area contributed by atoms with Gasteiger partial charge in [0.05, 0.1) is 12.7 Å². The molecule has 0 atom stereocenters. The fourth-order valence-electron chi connectivity index (χ4n) is 1.71. The molecule has 1 fully saturated rings. The highest BCUT2D eigenvalue weighted by Crippen LogP contribution is 2.30. The molecular formula is C14H17NO4. The van der Waals surface area contributed by atoms with Gasteiger partial charge >= 0.3 is 0 Å². The number of carbonyl (C=O) groups excluding carboxylic acids is 2. The molecule has 19 heavy (non-hydrogen) atoms. The molecule has 102 valence electrons. The predicted octanol–water partition coefficient (Wildman–Crippen LogP) is 1.41. The second-order valence-electron chi connectivity index (χ2n) is 4.53. The third-order valence-electron chi connectivity index (χ3n) is 2.99. The number of benzene rings is 1. The molecule has 0 aromatic heterocycles. The van der Waals surface area contributed by atoms with Crippen molar-refractivity contribution in [3.8, 4) is 11.5 Å². The maximum Gasteiger partial charge on any atom is 0.257 e. The first-order chi connectivity index (χ1) is 9.24. The summed E-state index contributed by atoms with van der Waals surface area (Å²) in [7, 11) is 1.49. The van der Waals surface area contributed by atoms with Gasteiger partial charge in [-0.3, -0.25) is 9.59 Å². The van der Waals surface area contributed by atoms with Crippen LogP contribution in [0, 0.1) is 5.92 Å². The van der Waals surface area contributed by atoms with Gasteiger partial charge in [0.1, 0.15) is 0 Å². The van der Waals surface area contributed by atoms with Crippen LogP contribution in [0.5, 0.6) is 11.5 Å². The molecule has 0 spiro atoms. The van der Waals surface area contributed by atoms with Crippen LogP contribution in [0.1, 0.15) is 23.2 Å². The molecule has 1 amide bonds. The first-order valence-corrected chi connectivity index (χ1v) is 6.26. The number of hydrogen-bond acceptors (Lipinski definition) is 4. The molecule has 5 heteroatoms. The van der Waals surface area contributed by atoms with Gasteiger partial charge in [-0.05, 0) is 30.9 Å². The highest BCUT2D eigenvalue weighted by Gasteiger charge is 2.21. The molecule has 0 aliphatic heterocycles. The predicted molar refractivity (Wildman–Crippen MR) is 69.6 cm³/mol. The topological polar surface area (TPSA) is 64.6 Å². The Hall–Kier alpha value is -2.04. The number of ether oxygens (including phenoxy) is 2. The van der Waals surface area contributed by atoms with E-state index >= 15 is 0 Å². The summed E-state index contributed by atoms with van der Waals surface area (Å²) >= 11 is 0. The number of aldehydes is 1. The van der Waals surface area contributed by atoms with Gasteiger partial charge in [-0.1, -0.05) is 6.07 Å². The van der Waals surface area contributed by atoms with E-state index in [1.807, 2.05) is 0 Å². The Kier molecular flexibility index (Phi) is 4.39. The van der Waals surface area contributed by atoms with Crippen molar-refractivity contribution < 1.29 is 19.1 Å². The molecule has 0 bridgehead atoms. The number of methoxy groups -OCH3 is 1. The van der Waals surface area contributed by atoms with Crippen LogP contribution in [-0.2, 0) is 4.79 Å². The molecule has 2 rings (SSSR count). The second-order valence-corrected chi connectivity index (χ2v) is 4.53. The Balaban J connectivity index is 1.93. The van der Waals surface area contributed by atoms with Gasteiger partial charge in [0, 0.05) is 6.54 Å². The van der Waals surface area contributed by atoms with Crippen molar-refractivity contribution in [1.29, 1.82) is 0 Å². The highest BCUT2D eigenvalue weighted by molar-refractivity contribution is 5.82. The maximum atomic E-state index is 11.6. The Morgan fingerprint density at radius 1 is 1.47 bits per heavy atom. The highest BCUT2D eigenvalue weighted by atomic mass is 16.5. The van der Waals surface area contributed by atoms with Crippen molar-refractivity contribution >= 4 is 12.2 Å². The number of carbonyl (C=O) groups is 2. The minimum atomic E-state index is -0.186. The molecule has 0 radical (unpaired) electrons. The first-order valence-electron chi connectivity index (χ1n) is 6.26. The Labute approximate surface area is 111 Å². The molecule has 0 saturated heterocycles. The summed E-state index contributed by atoms with van der Waals surface area (Å²) in [5, 5.41) is 2.80. The first kappa shape index (κ1) is 13.4. The van der Waals surface area contributed by atoms with Crippen molar-refractivity contribution in [3.05, 3.63) is 23.8 Å². The molecular weight excluding hydrogens is 246 g/mol. The Morgan fingerprint density at radius 2 is 2.26 bits per heavy atom. The van der Waals surface area contributed by atoms with E-state index in [1.54, 1.807) is 18.2 Å². The third-order valence-corrected chi connectivity index (χ3v) is 2.99. The number of rotatable bonds is 7. The summed E-state index contributed by atoms with van der Waals surface area (Å²) in [5.74, 6) is 1.19. The number of hydrogen-bond donors (Lipinski definition) is 1. The zero-order chi connectivity index (χ0) is 13.7. The summed E-state index contributed by atoms with van der Waals surface area (Å²) in [4.78, 5) is 22.5. The molecule has 5 nitrogen and oxygen atoms in total. The van der Waals surface area contributed by atoms with Crippen LogP contribution in [0.15, 0.2) is 18.2 Å². The zero-order valence-corrected chi connectivity index (χ0v) is 10.8. The normalized spacial score (nSPS) is 13.7. The van der Waals surface area contributed by atoms with Crippen molar-refractivity contribution in [2.45, 2.75) is 12.8 Å². The number of nitrogens with one attached hydrogen (secondary N) is 1. The van der Waals surface area contributed by atoms with Gasteiger partial charge in [0.2, 0.25) is 0 Å². The lowest BCUT2D eigenvalue weighted by Gasteiger charge is -2.12. The number of para-hydroxylation sites is 1. The van der Waals surface area contributed by atoms with Crippen molar-refractivity contribution in [1.82, 2.24) is 5.32 Å². The minimum absolute atomic E-state index is 0.117. The van der Waals surface area contributed by atoms with E-state index < -0.39 is 0 Å². The summed E-state index contributed by atoms with van der Waals surface area (Å²) < 4.78 is 10.5. The molecule has 1 aromatic carbocycles. The molecule has 0 heterocycles. The summed E-state index contributed by atoms with van der Waals surface area (Å²) in [5.41, 5.74) is 0.370. The van der Waals surface area contributed by atoms with Crippen molar-refractivity contribution in [3.63, 3.8) is 0 Å². The molecule has 1 aromatic rings. The van der Waals surface area contributed by atoms with Gasteiger partial charge in [0.25, 0.3) is 5.91 Å². The van der Waals surface area contributed by atoms with E-state index in [4.69, 9.17) is 9.47 Å². The third kappa shape index (κ3) is 3.71. The largest absolute Gasteiger partial charge is 0.493 e. The van der Waals surface area contributed by atoms with E-state index in [-0.39, 0.29) is 12.5 Å². The van der Waals surface area contributed by atoms with Crippen LogP contribution in [0.25, 0.3) is 0 Å². The van der Waals surface area contributed by atoms with Crippen LogP contribution in [0.2, 0.25) is 0 Å². The van der Waals surface area contributed by atoms with Crippen LogP contribution in [-0.4, -0.2) is 32.5 Å². The Bertz CT molecular complexity index is 469. The van der Waals surface area contributed by atoms with Crippen molar-refractivity contribution in [2.75, 3.05) is 20.3 Å². The van der Waals surface area contributed by atoms with Crippen LogP contribution < -0.4 is 14.8 Å². The van der Waals surface area contributed by atoms with E-state index in [0.717, 1.165) is 0 Å². The van der Waals surface area contributed by atoms with E-state index in [9.17, 15) is 9.59 Å². The SMILES string of the molecule is COc1cccc(C=O)c1OCC(=O)NCC1CC1. The van der Waals surface area contributed by atoms with Gasteiger partial charge in [0.15, 0.2) is 24.4 Å². The zero-order valence-electron chi connectivity index (χ0n) is 10.8. The molecule has 1 aliphatic rings. The monoisotopic (exact) mass is 263 g/mol. The summed E-state index contributed by atoms with van der Waals surface area (Å²) in [6.07, 6.45) is 3.05. The smallest absolute Gasteiger partial charge is 0.257 e. The summed E-state index contributed by atoms with van der Waals surface area (Å²) in [6, 6.07) is 5.00.